The van der Waals surface area contributed by atoms with E-state index in [1.54, 1.807) is 0 Å². The molecule has 1 N–H and O–H groups in total. The molecule has 5 fully saturated rings. The largest absolute Gasteiger partial charge is 0.366 e. The molecule has 3 saturated heterocycles. The highest BCUT2D eigenvalue weighted by Crippen LogP contribution is 2.51. The Morgan fingerprint density at radius 3 is 1.83 bits per heavy atom. The Hall–Kier alpha value is -1.24. The average molecular weight is 653 g/mol. The molecule has 0 spiro atoms. The van der Waals surface area contributed by atoms with Crippen molar-refractivity contribution in [3.8, 4) is 0 Å². The van der Waals surface area contributed by atoms with E-state index in [9.17, 15) is 9.59 Å². The fourth-order valence-electron chi connectivity index (χ4n) is 10.3. The van der Waals surface area contributed by atoms with Crippen LogP contribution in [0, 0.1) is 23.2 Å². The first-order valence-corrected chi connectivity index (χ1v) is 20.3. The molecule has 5 rings (SSSR count). The van der Waals surface area contributed by atoms with E-state index in [1.165, 1.54) is 122 Å². The number of piperidine rings is 1. The molecule has 0 aromatic heterocycles. The number of amides is 3. The van der Waals surface area contributed by atoms with Crippen LogP contribution in [0.4, 0.5) is 4.79 Å². The van der Waals surface area contributed by atoms with Crippen molar-refractivity contribution in [1.29, 1.82) is 0 Å². The highest BCUT2D eigenvalue weighted by molar-refractivity contribution is 6.44. The van der Waals surface area contributed by atoms with Crippen LogP contribution in [-0.2, 0) is 9.53 Å². The Bertz CT molecular complexity index is 985. The summed E-state index contributed by atoms with van der Waals surface area (Å²) >= 11 is 0. The minimum atomic E-state index is -0.0649. The number of carbonyl (C=O) groups excluding carboxylic acids is 2. The lowest BCUT2D eigenvalue weighted by Crippen LogP contribution is -2.65. The topological polar surface area (TPSA) is 61.9 Å². The maximum absolute atomic E-state index is 13.4. The Balaban J connectivity index is 1.09. The monoisotopic (exact) mass is 653 g/mol. The number of carbonyl (C=O) groups is 2. The van der Waals surface area contributed by atoms with Crippen molar-refractivity contribution >= 4 is 19.2 Å². The normalized spacial score (nSPS) is 39.5. The fourth-order valence-corrected chi connectivity index (χ4v) is 10.3. The highest BCUT2D eigenvalue weighted by atomic mass is 16.5. The summed E-state index contributed by atoms with van der Waals surface area (Å²) in [7, 11) is 2.91. The number of nitrogens with zero attached hydrogens (tertiary/aromatic N) is 2. The van der Waals surface area contributed by atoms with E-state index in [4.69, 9.17) is 4.74 Å². The predicted octanol–water partition coefficient (Wildman–Crippen LogP) is 9.41. The van der Waals surface area contributed by atoms with Crippen molar-refractivity contribution in [2.24, 2.45) is 23.2 Å². The zero-order valence-corrected chi connectivity index (χ0v) is 31.3. The summed E-state index contributed by atoms with van der Waals surface area (Å²) < 4.78 is 5.71. The number of nitrogens with one attached hydrogen (secondary N) is 1. The van der Waals surface area contributed by atoms with E-state index in [2.05, 4.69) is 52.1 Å². The minimum absolute atomic E-state index is 0.0487. The molecule has 4 atom stereocenters. The molecule has 0 bridgehead atoms. The summed E-state index contributed by atoms with van der Waals surface area (Å²) in [6.45, 7) is 16.0. The maximum Gasteiger partial charge on any atom is 0.320 e. The minimum Gasteiger partial charge on any atom is -0.366 e. The van der Waals surface area contributed by atoms with Gasteiger partial charge in [-0.2, -0.15) is 0 Å². The zero-order valence-electron chi connectivity index (χ0n) is 31.3. The molecule has 6 nitrogen and oxygen atoms in total. The molecule has 7 heteroatoms. The number of urea groups is 1. The van der Waals surface area contributed by atoms with Crippen molar-refractivity contribution in [3.05, 3.63) is 0 Å². The van der Waals surface area contributed by atoms with Crippen LogP contribution in [0.15, 0.2) is 0 Å². The van der Waals surface area contributed by atoms with E-state index in [0.29, 0.717) is 28.5 Å². The fraction of sp³-hybridized carbons (Fsp3) is 0.950. The number of hydrogen-bond acceptors (Lipinski definition) is 3. The first kappa shape index (κ1) is 37.0. The third-order valence-electron chi connectivity index (χ3n) is 13.7. The van der Waals surface area contributed by atoms with Gasteiger partial charge in [0.05, 0.1) is 12.1 Å². The van der Waals surface area contributed by atoms with E-state index in [0.717, 1.165) is 37.9 Å². The van der Waals surface area contributed by atoms with Gasteiger partial charge in [0.2, 0.25) is 5.91 Å². The number of fused-ring (bicyclic) bond motifs is 1. The van der Waals surface area contributed by atoms with E-state index < -0.39 is 0 Å². The van der Waals surface area contributed by atoms with Crippen LogP contribution in [0.3, 0.4) is 0 Å². The van der Waals surface area contributed by atoms with Gasteiger partial charge in [-0.25, -0.2) is 4.79 Å². The highest BCUT2D eigenvalue weighted by Gasteiger charge is 2.45. The van der Waals surface area contributed by atoms with Crippen molar-refractivity contribution in [1.82, 2.24) is 15.1 Å². The van der Waals surface area contributed by atoms with Gasteiger partial charge in [-0.1, -0.05) is 154 Å². The van der Waals surface area contributed by atoms with Crippen molar-refractivity contribution in [2.75, 3.05) is 32.8 Å². The lowest BCUT2D eigenvalue weighted by molar-refractivity contribution is -0.139. The summed E-state index contributed by atoms with van der Waals surface area (Å²) in [6, 6.07) is 0.0935. The third kappa shape index (κ3) is 10.4. The number of likely N-dealkylation sites (tertiary alicyclic amines) is 2. The van der Waals surface area contributed by atoms with Gasteiger partial charge in [-0.05, 0) is 42.4 Å². The smallest absolute Gasteiger partial charge is 0.320 e. The molecule has 47 heavy (non-hydrogen) atoms. The summed E-state index contributed by atoms with van der Waals surface area (Å²) in [4.78, 5) is 29.3. The molecule has 4 unspecified atom stereocenters. The van der Waals surface area contributed by atoms with Gasteiger partial charge in [0.25, 0.3) is 0 Å². The molecule has 3 amide bonds. The molecule has 2 saturated carbocycles. The Morgan fingerprint density at radius 1 is 0.702 bits per heavy atom. The molecular weight excluding hydrogens is 581 g/mol. The molecule has 5 aliphatic rings. The first-order chi connectivity index (χ1) is 22.5. The van der Waals surface area contributed by atoms with Crippen LogP contribution in [0.25, 0.3) is 0 Å². The maximum atomic E-state index is 13.4. The standard InChI is InChI=1S/C40H71BN3O3/c1-31-15-12-16-32(2)18-14-25-40(5,24-13-17-31)41-39(4)22-10-6-8-20-38(3,21-9-7-11-23-39)33-27-44(28-33)37(46)43-26-19-35-34(29-43)42-36(45)30-47-35/h31-35H,6-30H2,1-5H3,(H,42,45). The molecule has 0 aromatic rings. The quantitative estimate of drug-likeness (QED) is 0.309. The van der Waals surface area contributed by atoms with Crippen molar-refractivity contribution in [3.63, 3.8) is 0 Å². The van der Waals surface area contributed by atoms with Gasteiger partial charge < -0.3 is 19.9 Å². The van der Waals surface area contributed by atoms with E-state index >= 15 is 0 Å². The molecular formula is C40H71BN3O3. The molecule has 3 aliphatic heterocycles. The number of morpholine rings is 1. The Morgan fingerprint density at radius 2 is 1.23 bits per heavy atom. The molecule has 0 aromatic carbocycles. The average Bonchev–Trinajstić information content (AvgIpc) is 2.98. The van der Waals surface area contributed by atoms with E-state index in [1.807, 2.05) is 4.90 Å². The number of hydrogen-bond donors (Lipinski definition) is 1. The Kier molecular flexibility index (Phi) is 13.1. The summed E-state index contributed by atoms with van der Waals surface area (Å²) in [6.07, 6.45) is 26.8. The van der Waals surface area contributed by atoms with Gasteiger partial charge in [0.1, 0.15) is 13.9 Å². The lowest BCUT2D eigenvalue weighted by Gasteiger charge is -2.52. The van der Waals surface area contributed by atoms with Crippen LogP contribution < -0.4 is 5.32 Å². The number of ether oxygens (including phenoxy) is 1. The molecule has 1 radical (unpaired) electrons. The molecule has 3 heterocycles. The lowest BCUT2D eigenvalue weighted by atomic mass is 9.36. The SMILES string of the molecule is CC1CCCC(C)CCCC(C)([B]C2(C)CCCCCC(C)(C3CN(C(=O)N4CCC5OCC(=O)NC5C4)C3)CCCCC2)CCC1. The molecule has 267 valence electrons. The summed E-state index contributed by atoms with van der Waals surface area (Å²) in [5.74, 6) is 2.32. The van der Waals surface area contributed by atoms with Gasteiger partial charge >= 0.3 is 6.03 Å². The van der Waals surface area contributed by atoms with Crippen molar-refractivity contribution < 1.29 is 14.3 Å². The van der Waals surface area contributed by atoms with Crippen LogP contribution in [0.2, 0.25) is 10.6 Å². The number of rotatable bonds is 3. The second-order valence-electron chi connectivity index (χ2n) is 18.3. The third-order valence-corrected chi connectivity index (χ3v) is 13.7. The second kappa shape index (κ2) is 16.6. The van der Waals surface area contributed by atoms with Crippen LogP contribution in [0.5, 0.6) is 0 Å². The first-order valence-electron chi connectivity index (χ1n) is 20.3. The van der Waals surface area contributed by atoms with Gasteiger partial charge in [-0.15, -0.1) is 0 Å². The predicted molar refractivity (Wildman–Crippen MR) is 195 cm³/mol. The van der Waals surface area contributed by atoms with Gasteiger partial charge in [0.15, 0.2) is 0 Å². The summed E-state index contributed by atoms with van der Waals surface area (Å²) in [5.41, 5.74) is 0.332. The Labute approximate surface area is 289 Å². The van der Waals surface area contributed by atoms with Crippen LogP contribution in [-0.4, -0.2) is 73.9 Å². The summed E-state index contributed by atoms with van der Waals surface area (Å²) in [5, 5.41) is 3.78. The second-order valence-corrected chi connectivity index (χ2v) is 18.3. The molecule has 2 aliphatic carbocycles. The van der Waals surface area contributed by atoms with Crippen molar-refractivity contribution in [2.45, 2.75) is 186 Å². The van der Waals surface area contributed by atoms with E-state index in [-0.39, 0.29) is 30.7 Å². The van der Waals surface area contributed by atoms with Gasteiger partial charge in [-0.3, -0.25) is 4.79 Å². The van der Waals surface area contributed by atoms with Crippen LogP contribution in [0.1, 0.15) is 163 Å². The van der Waals surface area contributed by atoms with Crippen LogP contribution >= 0.6 is 0 Å². The zero-order chi connectivity index (χ0) is 33.5. The van der Waals surface area contributed by atoms with Gasteiger partial charge in [0, 0.05) is 26.2 Å².